The molecule has 0 unspecified atom stereocenters. The normalized spacial score (nSPS) is 18.9. The zero-order chi connectivity index (χ0) is 10.9. The summed E-state index contributed by atoms with van der Waals surface area (Å²) in [4.78, 5) is 0. The monoisotopic (exact) mass is 207 g/mol. The molecular weight excluding hydrogens is 186 g/mol. The minimum atomic E-state index is 0.509. The molecule has 1 saturated heterocycles. The van der Waals surface area contributed by atoms with E-state index in [1.54, 1.807) is 0 Å². The van der Waals surface area contributed by atoms with Gasteiger partial charge in [0.15, 0.2) is 0 Å². The summed E-state index contributed by atoms with van der Waals surface area (Å²) < 4.78 is 2.03. The first-order valence-electron chi connectivity index (χ1n) is 5.85. The van der Waals surface area contributed by atoms with E-state index in [1.807, 2.05) is 11.7 Å². The quantitative estimate of drug-likeness (QED) is 0.814. The van der Waals surface area contributed by atoms with Crippen molar-refractivity contribution in [1.82, 2.24) is 15.1 Å². The van der Waals surface area contributed by atoms with Crippen LogP contribution in [0.5, 0.6) is 0 Å². The lowest BCUT2D eigenvalue weighted by molar-refractivity contribution is 0.147. The van der Waals surface area contributed by atoms with Gasteiger partial charge in [0.25, 0.3) is 0 Å². The first kappa shape index (κ1) is 10.7. The van der Waals surface area contributed by atoms with Crippen LogP contribution < -0.4 is 5.32 Å². The molecule has 0 saturated carbocycles. The Morgan fingerprint density at radius 3 is 2.67 bits per heavy atom. The second kappa shape index (κ2) is 3.97. The molecule has 1 aliphatic heterocycles. The molecule has 0 atom stereocenters. The summed E-state index contributed by atoms with van der Waals surface area (Å²) in [6, 6.07) is 2.22. The molecule has 15 heavy (non-hydrogen) atoms. The van der Waals surface area contributed by atoms with E-state index in [9.17, 15) is 0 Å². The van der Waals surface area contributed by atoms with Crippen LogP contribution in [0.4, 0.5) is 0 Å². The number of hydrogen-bond donors (Lipinski definition) is 1. The molecular formula is C12H21N3. The van der Waals surface area contributed by atoms with E-state index in [0.717, 1.165) is 5.69 Å². The molecule has 1 aliphatic rings. The average Bonchev–Trinajstić information content (AvgIpc) is 2.42. The van der Waals surface area contributed by atoms with Crippen molar-refractivity contribution in [2.45, 2.75) is 33.1 Å². The first-order valence-corrected chi connectivity index (χ1v) is 5.85. The zero-order valence-corrected chi connectivity index (χ0v) is 10.0. The summed E-state index contributed by atoms with van der Waals surface area (Å²) in [6.45, 7) is 6.68. The number of aryl methyl sites for hydroxylation is 2. The maximum absolute atomic E-state index is 4.41. The maximum atomic E-state index is 4.41. The van der Waals surface area contributed by atoms with Crippen molar-refractivity contribution in [3.63, 3.8) is 0 Å². The van der Waals surface area contributed by atoms with Gasteiger partial charge >= 0.3 is 0 Å². The number of nitrogens with one attached hydrogen (secondary N) is 1. The molecule has 2 rings (SSSR count). The standard InChI is InChI=1S/C12H21N3/c1-4-5-12(8-13-9-12)7-11-6-10(2)14-15(11)3/h6,13H,4-5,7-9H2,1-3H3. The van der Waals surface area contributed by atoms with Gasteiger partial charge in [0.2, 0.25) is 0 Å². The molecule has 0 amide bonds. The van der Waals surface area contributed by atoms with Crippen molar-refractivity contribution in [2.75, 3.05) is 13.1 Å². The Morgan fingerprint density at radius 2 is 2.27 bits per heavy atom. The fraction of sp³-hybridized carbons (Fsp3) is 0.750. The van der Waals surface area contributed by atoms with Crippen molar-refractivity contribution >= 4 is 0 Å². The second-order valence-corrected chi connectivity index (χ2v) is 4.93. The lowest BCUT2D eigenvalue weighted by Gasteiger charge is -2.43. The molecule has 1 aromatic heterocycles. The third-order valence-corrected chi connectivity index (χ3v) is 3.44. The van der Waals surface area contributed by atoms with Gasteiger partial charge in [0.1, 0.15) is 0 Å². The van der Waals surface area contributed by atoms with Gasteiger partial charge in [-0.3, -0.25) is 4.68 Å². The van der Waals surface area contributed by atoms with Gasteiger partial charge in [0.05, 0.1) is 5.69 Å². The third kappa shape index (κ3) is 2.07. The molecule has 1 N–H and O–H groups in total. The number of nitrogens with zero attached hydrogens (tertiary/aromatic N) is 2. The van der Waals surface area contributed by atoms with E-state index >= 15 is 0 Å². The van der Waals surface area contributed by atoms with Crippen molar-refractivity contribution in [2.24, 2.45) is 12.5 Å². The molecule has 0 bridgehead atoms. The van der Waals surface area contributed by atoms with Gasteiger partial charge in [-0.05, 0) is 25.8 Å². The molecule has 84 valence electrons. The van der Waals surface area contributed by atoms with E-state index < -0.39 is 0 Å². The van der Waals surface area contributed by atoms with Crippen LogP contribution in [0, 0.1) is 12.3 Å². The van der Waals surface area contributed by atoms with Crippen LogP contribution in [-0.2, 0) is 13.5 Å². The largest absolute Gasteiger partial charge is 0.316 e. The predicted octanol–water partition coefficient (Wildman–Crippen LogP) is 1.66. The Kier molecular flexibility index (Phi) is 2.83. The highest BCUT2D eigenvalue weighted by atomic mass is 15.3. The van der Waals surface area contributed by atoms with Crippen molar-refractivity contribution < 1.29 is 0 Å². The minimum Gasteiger partial charge on any atom is -0.316 e. The van der Waals surface area contributed by atoms with Crippen molar-refractivity contribution in [1.29, 1.82) is 0 Å². The highest BCUT2D eigenvalue weighted by Crippen LogP contribution is 2.32. The zero-order valence-electron chi connectivity index (χ0n) is 10.0. The topological polar surface area (TPSA) is 29.9 Å². The van der Waals surface area contributed by atoms with E-state index in [4.69, 9.17) is 0 Å². The Balaban J connectivity index is 2.09. The van der Waals surface area contributed by atoms with Crippen LogP contribution in [-0.4, -0.2) is 22.9 Å². The van der Waals surface area contributed by atoms with Gasteiger partial charge < -0.3 is 5.32 Å². The number of aromatic nitrogens is 2. The fourth-order valence-corrected chi connectivity index (χ4v) is 2.61. The van der Waals surface area contributed by atoms with Gasteiger partial charge in [-0.1, -0.05) is 13.3 Å². The Hall–Kier alpha value is -0.830. The Bertz CT molecular complexity index is 337. The Morgan fingerprint density at radius 1 is 1.53 bits per heavy atom. The molecule has 1 fully saturated rings. The van der Waals surface area contributed by atoms with Crippen molar-refractivity contribution in [3.05, 3.63) is 17.5 Å². The van der Waals surface area contributed by atoms with Gasteiger partial charge in [0, 0.05) is 31.2 Å². The van der Waals surface area contributed by atoms with Crippen LogP contribution in [0.1, 0.15) is 31.2 Å². The molecule has 0 aliphatic carbocycles. The number of rotatable bonds is 4. The Labute approximate surface area is 91.9 Å². The highest BCUT2D eigenvalue weighted by molar-refractivity contribution is 5.13. The second-order valence-electron chi connectivity index (χ2n) is 4.93. The van der Waals surface area contributed by atoms with Crippen LogP contribution in [0.3, 0.4) is 0 Å². The molecule has 3 heteroatoms. The lowest BCUT2D eigenvalue weighted by Crippen LogP contribution is -2.54. The molecule has 0 aromatic carbocycles. The third-order valence-electron chi connectivity index (χ3n) is 3.44. The van der Waals surface area contributed by atoms with Gasteiger partial charge in [-0.2, -0.15) is 5.10 Å². The lowest BCUT2D eigenvalue weighted by atomic mass is 9.74. The molecule has 2 heterocycles. The van der Waals surface area contributed by atoms with Crippen LogP contribution in [0.2, 0.25) is 0 Å². The summed E-state index contributed by atoms with van der Waals surface area (Å²) in [6.07, 6.45) is 3.77. The van der Waals surface area contributed by atoms with E-state index in [-0.39, 0.29) is 0 Å². The maximum Gasteiger partial charge on any atom is 0.0596 e. The smallest absolute Gasteiger partial charge is 0.0596 e. The SMILES string of the molecule is CCCC1(Cc2cc(C)nn2C)CNC1. The molecule has 0 spiro atoms. The summed E-state index contributed by atoms with van der Waals surface area (Å²) in [5.41, 5.74) is 3.02. The van der Waals surface area contributed by atoms with Crippen LogP contribution >= 0.6 is 0 Å². The minimum absolute atomic E-state index is 0.509. The predicted molar refractivity (Wildman–Crippen MR) is 61.9 cm³/mol. The summed E-state index contributed by atoms with van der Waals surface area (Å²) in [5.74, 6) is 0. The summed E-state index contributed by atoms with van der Waals surface area (Å²) in [5, 5.41) is 7.81. The van der Waals surface area contributed by atoms with Gasteiger partial charge in [-0.15, -0.1) is 0 Å². The van der Waals surface area contributed by atoms with E-state index in [1.165, 1.54) is 38.0 Å². The fourth-order valence-electron chi connectivity index (χ4n) is 2.61. The highest BCUT2D eigenvalue weighted by Gasteiger charge is 2.36. The average molecular weight is 207 g/mol. The summed E-state index contributed by atoms with van der Waals surface area (Å²) >= 11 is 0. The van der Waals surface area contributed by atoms with Crippen LogP contribution in [0.25, 0.3) is 0 Å². The first-order chi connectivity index (χ1) is 7.15. The van der Waals surface area contributed by atoms with Crippen LogP contribution in [0.15, 0.2) is 6.07 Å². The van der Waals surface area contributed by atoms with Crippen molar-refractivity contribution in [3.8, 4) is 0 Å². The van der Waals surface area contributed by atoms with Gasteiger partial charge in [-0.25, -0.2) is 0 Å². The van der Waals surface area contributed by atoms with E-state index in [0.29, 0.717) is 5.41 Å². The molecule has 1 aromatic rings. The van der Waals surface area contributed by atoms with E-state index in [2.05, 4.69) is 30.3 Å². The number of hydrogen-bond acceptors (Lipinski definition) is 2. The summed E-state index contributed by atoms with van der Waals surface area (Å²) in [7, 11) is 2.05. The molecule has 0 radical (unpaired) electrons. The molecule has 3 nitrogen and oxygen atoms in total.